The van der Waals surface area contributed by atoms with Crippen LogP contribution in [0.1, 0.15) is 26.3 Å². The number of ether oxygens (including phenoxy) is 1. The van der Waals surface area contributed by atoms with Crippen LogP contribution < -0.4 is 0 Å². The molecule has 5 heteroatoms. The molecule has 0 saturated carbocycles. The van der Waals surface area contributed by atoms with Gasteiger partial charge in [0, 0.05) is 11.1 Å². The van der Waals surface area contributed by atoms with E-state index < -0.39 is 10.1 Å². The Hall–Kier alpha value is -1.73. The minimum atomic E-state index is -0.775. The Balaban J connectivity index is 2.29. The first-order valence-electron chi connectivity index (χ1n) is 6.27. The quantitative estimate of drug-likeness (QED) is 0.366. The number of hydrogen-bond donors (Lipinski definition) is 1. The molecule has 0 aromatic heterocycles. The van der Waals surface area contributed by atoms with Crippen LogP contribution in [0, 0.1) is 0 Å². The number of benzene rings is 2. The third kappa shape index (κ3) is 4.12. The van der Waals surface area contributed by atoms with E-state index in [4.69, 9.17) is 9.84 Å². The van der Waals surface area contributed by atoms with Gasteiger partial charge in [-0.25, -0.2) is 4.79 Å². The van der Waals surface area contributed by atoms with E-state index >= 15 is 0 Å². The molecule has 2 aromatic rings. The van der Waals surface area contributed by atoms with E-state index in [9.17, 15) is 9.59 Å². The highest BCUT2D eigenvalue weighted by Crippen LogP contribution is 2.16. The second-order valence-electron chi connectivity index (χ2n) is 4.27. The van der Waals surface area contributed by atoms with Crippen molar-refractivity contribution in [3.8, 4) is 0 Å². The summed E-state index contributed by atoms with van der Waals surface area (Å²) >= 11 is 1.74. The summed E-state index contributed by atoms with van der Waals surface area (Å²) in [4.78, 5) is 24.5. The first-order valence-corrected chi connectivity index (χ1v) is 7.52. The Morgan fingerprint density at radius 2 is 1.57 bits per heavy atom. The van der Waals surface area contributed by atoms with E-state index in [-0.39, 0.29) is 23.5 Å². The van der Waals surface area contributed by atoms with Gasteiger partial charge in [0.15, 0.2) is 5.78 Å². The molecule has 0 fully saturated rings. The molecule has 0 bridgehead atoms. The fraction of sp³-hybridized carbons (Fsp3) is 0.125. The molecule has 1 N–H and O–H groups in total. The molecule has 108 valence electrons. The van der Waals surface area contributed by atoms with Crippen molar-refractivity contribution in [2.24, 2.45) is 0 Å². The monoisotopic (exact) mass is 396 g/mol. The van der Waals surface area contributed by atoms with Gasteiger partial charge in [-0.1, -0.05) is 48.5 Å². The number of rotatable bonds is 5. The number of hydrogen-bond acceptors (Lipinski definition) is 4. The number of alkyl halides is 1. The van der Waals surface area contributed by atoms with Gasteiger partial charge in [-0.05, 0) is 28.7 Å². The maximum atomic E-state index is 12.5. The fourth-order valence-corrected chi connectivity index (χ4v) is 2.01. The van der Waals surface area contributed by atoms with Crippen molar-refractivity contribution in [1.29, 1.82) is 0 Å². The summed E-state index contributed by atoms with van der Waals surface area (Å²) in [6.07, 6.45) is 0. The number of esters is 1. The Bertz CT molecular complexity index is 638. The maximum Gasteiger partial charge on any atom is 0.339 e. The third-order valence-electron chi connectivity index (χ3n) is 2.78. The van der Waals surface area contributed by atoms with E-state index in [1.807, 2.05) is 6.07 Å². The van der Waals surface area contributed by atoms with Crippen molar-refractivity contribution in [3.05, 3.63) is 71.3 Å². The van der Waals surface area contributed by atoms with Gasteiger partial charge in [0.05, 0.1) is 5.56 Å². The maximum absolute atomic E-state index is 12.5. The zero-order valence-corrected chi connectivity index (χ0v) is 13.2. The molecule has 0 aliphatic rings. The Morgan fingerprint density at radius 3 is 2.19 bits per heavy atom. The highest BCUT2D eigenvalue weighted by molar-refractivity contribution is 14.1. The number of carbonyl (C=O) groups is 2. The number of aliphatic hydroxyl groups excluding tert-OH is 1. The van der Waals surface area contributed by atoms with Crippen molar-refractivity contribution in [3.63, 3.8) is 0 Å². The van der Waals surface area contributed by atoms with Gasteiger partial charge in [-0.3, -0.25) is 4.79 Å². The van der Waals surface area contributed by atoms with E-state index in [2.05, 4.69) is 0 Å². The average Bonchev–Trinajstić information content (AvgIpc) is 2.52. The minimum absolute atomic E-state index is 0.118. The summed E-state index contributed by atoms with van der Waals surface area (Å²) in [5, 5.41) is 9.15. The van der Waals surface area contributed by atoms with Crippen molar-refractivity contribution in [1.82, 2.24) is 0 Å². The van der Waals surface area contributed by atoms with Crippen LogP contribution in [-0.2, 0) is 4.74 Å². The fourth-order valence-electron chi connectivity index (χ4n) is 1.83. The summed E-state index contributed by atoms with van der Waals surface area (Å²) in [7, 11) is 0. The van der Waals surface area contributed by atoms with Crippen molar-refractivity contribution in [2.75, 3.05) is 6.61 Å². The number of ketones is 1. The molecule has 4 nitrogen and oxygen atoms in total. The first kappa shape index (κ1) is 15.7. The van der Waals surface area contributed by atoms with Gasteiger partial charge in [-0.2, -0.15) is 0 Å². The lowest BCUT2D eigenvalue weighted by Crippen LogP contribution is -2.16. The van der Waals surface area contributed by atoms with Crippen LogP contribution in [0.4, 0.5) is 0 Å². The average molecular weight is 396 g/mol. The highest BCUT2D eigenvalue weighted by Gasteiger charge is 2.19. The van der Waals surface area contributed by atoms with E-state index in [1.165, 1.54) is 6.07 Å². The van der Waals surface area contributed by atoms with Crippen molar-refractivity contribution < 1.29 is 19.4 Å². The van der Waals surface area contributed by atoms with Crippen LogP contribution in [0.5, 0.6) is 0 Å². The summed E-state index contributed by atoms with van der Waals surface area (Å²) in [6.45, 7) is -0.118. The molecule has 1 atom stereocenters. The van der Waals surface area contributed by atoms with Crippen LogP contribution in [-0.4, -0.2) is 27.6 Å². The molecule has 1 unspecified atom stereocenters. The molecule has 0 aliphatic heterocycles. The van der Waals surface area contributed by atoms with Crippen LogP contribution in [0.2, 0.25) is 0 Å². The molecule has 0 saturated heterocycles. The predicted octanol–water partition coefficient (Wildman–Crippen LogP) is 2.83. The van der Waals surface area contributed by atoms with Crippen LogP contribution in [0.15, 0.2) is 54.6 Å². The van der Waals surface area contributed by atoms with Crippen molar-refractivity contribution in [2.45, 2.75) is 4.11 Å². The smallest absolute Gasteiger partial charge is 0.339 e. The van der Waals surface area contributed by atoms with Crippen LogP contribution in [0.3, 0.4) is 0 Å². The van der Waals surface area contributed by atoms with Gasteiger partial charge in [0.2, 0.25) is 0 Å². The first-order chi connectivity index (χ1) is 10.1. The molecule has 0 spiro atoms. The minimum Gasteiger partial charge on any atom is -0.458 e. The normalized spacial score (nSPS) is 11.7. The zero-order valence-electron chi connectivity index (χ0n) is 11.0. The third-order valence-corrected chi connectivity index (χ3v) is 3.14. The van der Waals surface area contributed by atoms with E-state index in [1.54, 1.807) is 65.1 Å². The van der Waals surface area contributed by atoms with E-state index in [0.717, 1.165) is 0 Å². The second kappa shape index (κ2) is 7.33. The van der Waals surface area contributed by atoms with E-state index in [0.29, 0.717) is 5.56 Å². The summed E-state index contributed by atoms with van der Waals surface area (Å²) in [5.41, 5.74) is 0.992. The summed E-state index contributed by atoms with van der Waals surface area (Å²) in [6, 6.07) is 15.2. The molecule has 0 heterocycles. The molecule has 2 rings (SSSR count). The lowest BCUT2D eigenvalue weighted by molar-refractivity contribution is 0.0412. The number of aliphatic hydroxyl groups is 1. The Labute approximate surface area is 135 Å². The lowest BCUT2D eigenvalue weighted by atomic mass is 9.98. The van der Waals surface area contributed by atoms with Gasteiger partial charge in [0.1, 0.15) is 10.7 Å². The van der Waals surface area contributed by atoms with Crippen molar-refractivity contribution >= 4 is 34.3 Å². The predicted molar refractivity (Wildman–Crippen MR) is 86.6 cm³/mol. The topological polar surface area (TPSA) is 63.6 Å². The lowest BCUT2D eigenvalue weighted by Gasteiger charge is -2.09. The molecule has 21 heavy (non-hydrogen) atoms. The van der Waals surface area contributed by atoms with Gasteiger partial charge >= 0.3 is 5.97 Å². The highest BCUT2D eigenvalue weighted by atomic mass is 127. The molecule has 0 radical (unpaired) electrons. The van der Waals surface area contributed by atoms with Gasteiger partial charge < -0.3 is 9.84 Å². The summed E-state index contributed by atoms with van der Waals surface area (Å²) in [5.74, 6) is -0.858. The zero-order chi connectivity index (χ0) is 15.2. The molecule has 2 aromatic carbocycles. The largest absolute Gasteiger partial charge is 0.458 e. The molecular formula is C16H13IO4. The van der Waals surface area contributed by atoms with Crippen LogP contribution >= 0.6 is 22.6 Å². The summed E-state index contributed by atoms with van der Waals surface area (Å²) < 4.78 is 4.19. The van der Waals surface area contributed by atoms with Gasteiger partial charge in [0.25, 0.3) is 0 Å². The Morgan fingerprint density at radius 1 is 1.00 bits per heavy atom. The number of carbonyl (C=O) groups excluding carboxylic acids is 2. The number of halogens is 1. The SMILES string of the molecule is O=C(OCC(O)I)c1ccccc1C(=O)c1ccccc1. The Kier molecular flexibility index (Phi) is 5.46. The standard InChI is InChI=1S/C16H13IO4/c17-14(18)10-21-16(20)13-9-5-4-8-12(13)15(19)11-6-2-1-3-7-11/h1-9,14,18H,10H2. The molecular weight excluding hydrogens is 383 g/mol. The molecule has 0 amide bonds. The second-order valence-corrected chi connectivity index (χ2v) is 5.71. The van der Waals surface area contributed by atoms with Crippen LogP contribution in [0.25, 0.3) is 0 Å². The van der Waals surface area contributed by atoms with Gasteiger partial charge in [-0.15, -0.1) is 0 Å². The molecule has 0 aliphatic carbocycles.